The third-order valence-corrected chi connectivity index (χ3v) is 4.91. The zero-order valence-corrected chi connectivity index (χ0v) is 12.8. The van der Waals surface area contributed by atoms with Crippen molar-refractivity contribution >= 4 is 34.5 Å². The lowest BCUT2D eigenvalue weighted by Crippen LogP contribution is -2.03. The molecule has 0 fully saturated rings. The van der Waals surface area contributed by atoms with Gasteiger partial charge in [0.2, 0.25) is 0 Å². The van der Waals surface area contributed by atoms with Crippen LogP contribution in [0, 0.1) is 10.1 Å². The molecule has 0 saturated heterocycles. The zero-order valence-electron chi connectivity index (χ0n) is 11.2. The summed E-state index contributed by atoms with van der Waals surface area (Å²) in [5.41, 5.74) is 2.11. The Morgan fingerprint density at radius 2 is 2.25 bits per heavy atom. The van der Waals surface area contributed by atoms with Crippen LogP contribution in [0.25, 0.3) is 0 Å². The highest BCUT2D eigenvalue weighted by molar-refractivity contribution is 8.00. The smallest absolute Gasteiger partial charge is 0.269 e. The van der Waals surface area contributed by atoms with E-state index < -0.39 is 0 Å². The molecule has 0 atom stereocenters. The SMILES string of the molecule is CCCNc1ccc([N+](=O)[O-])cc1CSc1cccs1. The average Bonchev–Trinajstić information content (AvgIpc) is 2.96. The first kappa shape index (κ1) is 14.9. The minimum atomic E-state index is -0.344. The van der Waals surface area contributed by atoms with E-state index in [2.05, 4.69) is 18.3 Å². The fourth-order valence-electron chi connectivity index (χ4n) is 1.74. The van der Waals surface area contributed by atoms with E-state index in [1.807, 2.05) is 11.4 Å². The monoisotopic (exact) mass is 308 g/mol. The second-order valence-electron chi connectivity index (χ2n) is 4.25. The van der Waals surface area contributed by atoms with Crippen molar-refractivity contribution in [3.63, 3.8) is 0 Å². The molecule has 4 nitrogen and oxygen atoms in total. The maximum Gasteiger partial charge on any atom is 0.269 e. The maximum absolute atomic E-state index is 10.9. The van der Waals surface area contributed by atoms with Crippen molar-refractivity contribution in [3.05, 3.63) is 51.4 Å². The van der Waals surface area contributed by atoms with E-state index in [1.54, 1.807) is 41.3 Å². The third kappa shape index (κ3) is 3.98. The molecule has 0 saturated carbocycles. The van der Waals surface area contributed by atoms with Gasteiger partial charge in [-0.1, -0.05) is 13.0 Å². The van der Waals surface area contributed by atoms with Crippen LogP contribution >= 0.6 is 23.1 Å². The zero-order chi connectivity index (χ0) is 14.4. The molecule has 0 radical (unpaired) electrons. The highest BCUT2D eigenvalue weighted by Crippen LogP contribution is 2.31. The quantitative estimate of drug-likeness (QED) is 0.455. The van der Waals surface area contributed by atoms with Crippen LogP contribution in [0.2, 0.25) is 0 Å². The van der Waals surface area contributed by atoms with E-state index in [9.17, 15) is 10.1 Å². The van der Waals surface area contributed by atoms with Gasteiger partial charge in [-0.3, -0.25) is 10.1 Å². The topological polar surface area (TPSA) is 55.2 Å². The Labute approximate surface area is 126 Å². The lowest BCUT2D eigenvalue weighted by molar-refractivity contribution is -0.384. The number of hydrogen-bond donors (Lipinski definition) is 1. The minimum Gasteiger partial charge on any atom is -0.385 e. The van der Waals surface area contributed by atoms with Crippen molar-refractivity contribution in [2.75, 3.05) is 11.9 Å². The van der Waals surface area contributed by atoms with E-state index in [-0.39, 0.29) is 10.6 Å². The van der Waals surface area contributed by atoms with E-state index in [0.29, 0.717) is 0 Å². The largest absolute Gasteiger partial charge is 0.385 e. The van der Waals surface area contributed by atoms with Crippen LogP contribution in [-0.2, 0) is 5.75 Å². The van der Waals surface area contributed by atoms with E-state index in [4.69, 9.17) is 0 Å². The molecule has 2 aromatic rings. The number of rotatable bonds is 7. The lowest BCUT2D eigenvalue weighted by Gasteiger charge is -2.10. The van der Waals surface area contributed by atoms with Gasteiger partial charge >= 0.3 is 0 Å². The van der Waals surface area contributed by atoms with Gasteiger partial charge in [0.25, 0.3) is 5.69 Å². The number of nitro benzene ring substituents is 1. The number of anilines is 1. The van der Waals surface area contributed by atoms with Gasteiger partial charge in [0.05, 0.1) is 9.13 Å². The molecular formula is C14H16N2O2S2. The molecule has 0 amide bonds. The molecule has 6 heteroatoms. The first-order valence-electron chi connectivity index (χ1n) is 6.38. The van der Waals surface area contributed by atoms with Crippen LogP contribution in [0.15, 0.2) is 39.9 Å². The molecule has 20 heavy (non-hydrogen) atoms. The molecule has 0 aliphatic rings. The predicted molar refractivity (Wildman–Crippen MR) is 85.8 cm³/mol. The number of non-ortho nitro benzene ring substituents is 1. The minimum absolute atomic E-state index is 0.147. The Bertz CT molecular complexity index is 571. The molecule has 2 rings (SSSR count). The third-order valence-electron chi connectivity index (χ3n) is 2.73. The number of nitro groups is 1. The van der Waals surface area contributed by atoms with Crippen molar-refractivity contribution in [2.45, 2.75) is 23.3 Å². The highest BCUT2D eigenvalue weighted by atomic mass is 32.2. The van der Waals surface area contributed by atoms with Crippen molar-refractivity contribution in [2.24, 2.45) is 0 Å². The molecule has 106 valence electrons. The predicted octanol–water partition coefficient (Wildman–Crippen LogP) is 4.77. The second kappa shape index (κ2) is 7.31. The van der Waals surface area contributed by atoms with Crippen LogP contribution in [0.5, 0.6) is 0 Å². The molecule has 1 heterocycles. The number of nitrogens with zero attached hydrogens (tertiary/aromatic N) is 1. The van der Waals surface area contributed by atoms with Gasteiger partial charge in [-0.15, -0.1) is 23.1 Å². The Kier molecular flexibility index (Phi) is 5.43. The Hall–Kier alpha value is -1.53. The first-order valence-corrected chi connectivity index (χ1v) is 8.24. The van der Waals surface area contributed by atoms with Crippen LogP contribution in [0.3, 0.4) is 0 Å². The molecule has 0 bridgehead atoms. The fourth-order valence-corrected chi connectivity index (χ4v) is 3.52. The van der Waals surface area contributed by atoms with Crippen LogP contribution in [-0.4, -0.2) is 11.5 Å². The molecule has 0 unspecified atom stereocenters. The fraction of sp³-hybridized carbons (Fsp3) is 0.286. The van der Waals surface area contributed by atoms with Crippen molar-refractivity contribution in [3.8, 4) is 0 Å². The normalized spacial score (nSPS) is 10.4. The standard InChI is InChI=1S/C14H16N2O2S2/c1-2-7-15-13-6-5-12(16(17)18)9-11(13)10-20-14-4-3-8-19-14/h3-6,8-9,15H,2,7,10H2,1H3. The van der Waals surface area contributed by atoms with Gasteiger partial charge < -0.3 is 5.32 Å². The number of nitrogens with one attached hydrogen (secondary N) is 1. The van der Waals surface area contributed by atoms with Gasteiger partial charge in [0.15, 0.2) is 0 Å². The number of benzene rings is 1. The maximum atomic E-state index is 10.9. The summed E-state index contributed by atoms with van der Waals surface area (Å²) in [5, 5.41) is 16.3. The molecule has 1 N–H and O–H groups in total. The van der Waals surface area contributed by atoms with Gasteiger partial charge in [-0.05, 0) is 29.5 Å². The molecule has 0 spiro atoms. The van der Waals surface area contributed by atoms with Crippen molar-refractivity contribution in [1.29, 1.82) is 0 Å². The van der Waals surface area contributed by atoms with E-state index in [1.165, 1.54) is 4.21 Å². The highest BCUT2D eigenvalue weighted by Gasteiger charge is 2.11. The van der Waals surface area contributed by atoms with Gasteiger partial charge in [-0.25, -0.2) is 0 Å². The number of thioether (sulfide) groups is 1. The summed E-state index contributed by atoms with van der Waals surface area (Å²) in [5.74, 6) is 0.730. The van der Waals surface area contributed by atoms with Crippen LogP contribution in [0.4, 0.5) is 11.4 Å². The van der Waals surface area contributed by atoms with Crippen LogP contribution < -0.4 is 5.32 Å². The molecule has 0 aliphatic heterocycles. The van der Waals surface area contributed by atoms with Crippen LogP contribution in [0.1, 0.15) is 18.9 Å². The summed E-state index contributed by atoms with van der Waals surface area (Å²) in [6.45, 7) is 2.97. The van der Waals surface area contributed by atoms with Crippen molar-refractivity contribution < 1.29 is 4.92 Å². The summed E-state index contributed by atoms with van der Waals surface area (Å²) in [6, 6.07) is 9.09. The lowest BCUT2D eigenvalue weighted by atomic mass is 10.1. The van der Waals surface area contributed by atoms with Gasteiger partial charge in [-0.2, -0.15) is 0 Å². The summed E-state index contributed by atoms with van der Waals surface area (Å²) in [6.07, 6.45) is 1.02. The molecular weight excluding hydrogens is 292 g/mol. The number of thiophene rings is 1. The van der Waals surface area contributed by atoms with Crippen molar-refractivity contribution in [1.82, 2.24) is 0 Å². The summed E-state index contributed by atoms with van der Waals surface area (Å²) < 4.78 is 1.22. The van der Waals surface area contributed by atoms with E-state index >= 15 is 0 Å². The van der Waals surface area contributed by atoms with Gasteiger partial charge in [0.1, 0.15) is 0 Å². The summed E-state index contributed by atoms with van der Waals surface area (Å²) >= 11 is 3.39. The van der Waals surface area contributed by atoms with Gasteiger partial charge in [0, 0.05) is 30.1 Å². The molecule has 1 aromatic carbocycles. The molecule has 0 aliphatic carbocycles. The Morgan fingerprint density at radius 3 is 2.90 bits per heavy atom. The number of hydrogen-bond acceptors (Lipinski definition) is 5. The molecule has 1 aromatic heterocycles. The average molecular weight is 308 g/mol. The van der Waals surface area contributed by atoms with E-state index in [0.717, 1.165) is 30.0 Å². The second-order valence-corrected chi connectivity index (χ2v) is 6.47. The Morgan fingerprint density at radius 1 is 1.40 bits per heavy atom. The first-order chi connectivity index (χ1) is 9.70. The summed E-state index contributed by atoms with van der Waals surface area (Å²) in [7, 11) is 0. The Balaban J connectivity index is 2.16. The summed E-state index contributed by atoms with van der Waals surface area (Å²) in [4.78, 5) is 10.5.